The zero-order valence-electron chi connectivity index (χ0n) is 13.7. The summed E-state index contributed by atoms with van der Waals surface area (Å²) in [6.07, 6.45) is 2.84. The first-order chi connectivity index (χ1) is 11.6. The zero-order valence-corrected chi connectivity index (χ0v) is 15.3. The van der Waals surface area contributed by atoms with E-state index < -0.39 is 0 Å². The largest absolute Gasteiger partial charge is 0.338 e. The summed E-state index contributed by atoms with van der Waals surface area (Å²) in [5.74, 6) is 1.07. The molecule has 0 bridgehead atoms. The average molecular weight is 358 g/mol. The van der Waals surface area contributed by atoms with Crippen LogP contribution in [-0.4, -0.2) is 33.1 Å². The third kappa shape index (κ3) is 3.45. The van der Waals surface area contributed by atoms with Gasteiger partial charge >= 0.3 is 0 Å². The van der Waals surface area contributed by atoms with Crippen molar-refractivity contribution in [2.24, 2.45) is 0 Å². The van der Waals surface area contributed by atoms with E-state index in [1.165, 1.54) is 0 Å². The Morgan fingerprint density at radius 2 is 2.38 bits per heavy atom. The quantitative estimate of drug-likeness (QED) is 0.786. The fraction of sp³-hybridized carbons (Fsp3) is 0.412. The fourth-order valence-corrected chi connectivity index (χ4v) is 4.58. The smallest absolute Gasteiger partial charge is 0.228 e. The molecule has 124 valence electrons. The molecule has 0 aliphatic carbocycles. The highest BCUT2D eigenvalue weighted by molar-refractivity contribution is 8.00. The molecule has 1 aliphatic rings. The number of amides is 1. The number of rotatable bonds is 4. The first-order valence-electron chi connectivity index (χ1n) is 7.84. The third-order valence-corrected chi connectivity index (χ3v) is 6.01. The zero-order chi connectivity index (χ0) is 17.1. The summed E-state index contributed by atoms with van der Waals surface area (Å²) in [5, 5.41) is 11.3. The van der Waals surface area contributed by atoms with Crippen LogP contribution >= 0.6 is 23.1 Å². The molecule has 0 saturated heterocycles. The number of nitrogens with zero attached hydrogens (tertiary/aromatic N) is 4. The van der Waals surface area contributed by atoms with E-state index in [9.17, 15) is 10.1 Å². The van der Waals surface area contributed by atoms with Crippen LogP contribution in [0, 0.1) is 18.3 Å². The van der Waals surface area contributed by atoms with Crippen molar-refractivity contribution < 1.29 is 4.79 Å². The number of hydrogen-bond acceptors (Lipinski definition) is 6. The first kappa shape index (κ1) is 16.9. The molecule has 1 amide bonds. The summed E-state index contributed by atoms with van der Waals surface area (Å²) in [7, 11) is 0. The second kappa shape index (κ2) is 7.32. The topological polar surface area (TPSA) is 69.9 Å². The van der Waals surface area contributed by atoms with E-state index in [-0.39, 0.29) is 5.91 Å². The molecule has 0 fully saturated rings. The van der Waals surface area contributed by atoms with Gasteiger partial charge in [-0.1, -0.05) is 18.7 Å². The number of carbonyl (C=O) groups is 1. The third-order valence-electron chi connectivity index (χ3n) is 4.05. The lowest BCUT2D eigenvalue weighted by molar-refractivity contribution is -0.131. The molecular formula is C17H18N4OS2. The molecule has 0 saturated carbocycles. The molecule has 0 radical (unpaired) electrons. The monoisotopic (exact) mass is 358 g/mol. The molecule has 7 heteroatoms. The molecule has 0 atom stereocenters. The van der Waals surface area contributed by atoms with Crippen LogP contribution in [0.4, 0.5) is 0 Å². The van der Waals surface area contributed by atoms with Gasteiger partial charge in [0.15, 0.2) is 0 Å². The summed E-state index contributed by atoms with van der Waals surface area (Å²) in [6.45, 7) is 5.11. The number of pyridine rings is 1. The number of thiazole rings is 1. The van der Waals surface area contributed by atoms with Gasteiger partial charge in [0, 0.05) is 24.7 Å². The van der Waals surface area contributed by atoms with Crippen molar-refractivity contribution >= 4 is 29.0 Å². The second-order valence-corrected chi connectivity index (χ2v) is 7.98. The maximum Gasteiger partial charge on any atom is 0.228 e. The van der Waals surface area contributed by atoms with Gasteiger partial charge in [-0.3, -0.25) is 9.78 Å². The lowest BCUT2D eigenvalue weighted by Gasteiger charge is -2.29. The van der Waals surface area contributed by atoms with E-state index >= 15 is 0 Å². The van der Waals surface area contributed by atoms with E-state index in [1.54, 1.807) is 29.3 Å². The van der Waals surface area contributed by atoms with Gasteiger partial charge in [-0.15, -0.1) is 11.3 Å². The van der Waals surface area contributed by atoms with Gasteiger partial charge in [-0.2, -0.15) is 5.26 Å². The fourth-order valence-electron chi connectivity index (χ4n) is 2.84. The Hall–Kier alpha value is -1.91. The van der Waals surface area contributed by atoms with Crippen LogP contribution in [0.5, 0.6) is 0 Å². The molecule has 0 unspecified atom stereocenters. The van der Waals surface area contributed by atoms with Crippen molar-refractivity contribution in [2.75, 3.05) is 12.3 Å². The normalized spacial score (nSPS) is 13.5. The molecule has 0 spiro atoms. The summed E-state index contributed by atoms with van der Waals surface area (Å²) < 4.78 is 1.02. The van der Waals surface area contributed by atoms with Gasteiger partial charge in [0.2, 0.25) is 5.91 Å². The average Bonchev–Trinajstić information content (AvgIpc) is 3.01. The summed E-state index contributed by atoms with van der Waals surface area (Å²) in [6, 6.07) is 2.25. The molecule has 1 aliphatic heterocycles. The van der Waals surface area contributed by atoms with E-state index in [0.29, 0.717) is 31.5 Å². The maximum absolute atomic E-state index is 12.6. The van der Waals surface area contributed by atoms with Crippen LogP contribution < -0.4 is 0 Å². The minimum atomic E-state index is 0.0816. The minimum absolute atomic E-state index is 0.0816. The SMILES string of the molecule is CCSc1nc(CC(=O)N2CCc3c(cnc(C)c3C#N)C2)cs1. The van der Waals surface area contributed by atoms with Crippen LogP contribution in [0.15, 0.2) is 15.9 Å². The molecule has 5 nitrogen and oxygen atoms in total. The molecule has 24 heavy (non-hydrogen) atoms. The predicted molar refractivity (Wildman–Crippen MR) is 95.0 cm³/mol. The molecular weight excluding hydrogens is 340 g/mol. The van der Waals surface area contributed by atoms with E-state index in [0.717, 1.165) is 32.6 Å². The Labute approximate surface area is 149 Å². The lowest BCUT2D eigenvalue weighted by Crippen LogP contribution is -2.37. The Morgan fingerprint density at radius 1 is 1.54 bits per heavy atom. The van der Waals surface area contributed by atoms with Crippen molar-refractivity contribution in [3.05, 3.63) is 39.7 Å². The predicted octanol–water partition coefficient (Wildman–Crippen LogP) is 2.96. The summed E-state index contributed by atoms with van der Waals surface area (Å²) in [4.78, 5) is 23.2. The molecule has 0 aromatic carbocycles. The number of hydrogen-bond donors (Lipinski definition) is 0. The van der Waals surface area contributed by atoms with Gasteiger partial charge in [-0.25, -0.2) is 4.98 Å². The van der Waals surface area contributed by atoms with Crippen molar-refractivity contribution in [3.63, 3.8) is 0 Å². The molecule has 3 heterocycles. The van der Waals surface area contributed by atoms with E-state index in [1.807, 2.05) is 17.2 Å². The molecule has 3 rings (SSSR count). The number of fused-ring (bicyclic) bond motifs is 1. The Kier molecular flexibility index (Phi) is 5.17. The van der Waals surface area contributed by atoms with Crippen molar-refractivity contribution in [3.8, 4) is 6.07 Å². The minimum Gasteiger partial charge on any atom is -0.338 e. The van der Waals surface area contributed by atoms with Crippen LogP contribution in [0.2, 0.25) is 0 Å². The Bertz CT molecular complexity index is 809. The number of aromatic nitrogens is 2. The maximum atomic E-state index is 12.6. The van der Waals surface area contributed by atoms with Crippen LogP contribution in [-0.2, 0) is 24.2 Å². The number of aryl methyl sites for hydroxylation is 1. The van der Waals surface area contributed by atoms with Gasteiger partial charge in [-0.05, 0) is 30.2 Å². The van der Waals surface area contributed by atoms with Crippen molar-refractivity contribution in [1.82, 2.24) is 14.9 Å². The number of nitriles is 1. The van der Waals surface area contributed by atoms with Gasteiger partial charge in [0.25, 0.3) is 0 Å². The first-order valence-corrected chi connectivity index (χ1v) is 9.71. The molecule has 2 aromatic heterocycles. The van der Waals surface area contributed by atoms with Crippen molar-refractivity contribution in [2.45, 2.75) is 37.6 Å². The van der Waals surface area contributed by atoms with Crippen LogP contribution in [0.3, 0.4) is 0 Å². The van der Waals surface area contributed by atoms with Gasteiger partial charge in [0.05, 0.1) is 23.4 Å². The van der Waals surface area contributed by atoms with Gasteiger partial charge in [0.1, 0.15) is 10.4 Å². The second-order valence-electron chi connectivity index (χ2n) is 5.61. The Morgan fingerprint density at radius 3 is 3.12 bits per heavy atom. The van der Waals surface area contributed by atoms with Gasteiger partial charge < -0.3 is 4.90 Å². The number of carbonyl (C=O) groups excluding carboxylic acids is 1. The lowest BCUT2D eigenvalue weighted by atomic mass is 9.95. The summed E-state index contributed by atoms with van der Waals surface area (Å²) >= 11 is 3.29. The Balaban J connectivity index is 1.71. The highest BCUT2D eigenvalue weighted by Gasteiger charge is 2.24. The highest BCUT2D eigenvalue weighted by Crippen LogP contribution is 2.25. The van der Waals surface area contributed by atoms with Crippen LogP contribution in [0.1, 0.15) is 35.0 Å². The van der Waals surface area contributed by atoms with E-state index in [4.69, 9.17) is 0 Å². The molecule has 0 N–H and O–H groups in total. The van der Waals surface area contributed by atoms with Crippen molar-refractivity contribution in [1.29, 1.82) is 5.26 Å². The standard InChI is InChI=1S/C17H18N4OS2/c1-3-23-17-20-13(10-24-17)6-16(22)21-5-4-14-12(9-21)8-19-11(2)15(14)7-18/h8,10H,3-6,9H2,1-2H3. The summed E-state index contributed by atoms with van der Waals surface area (Å²) in [5.41, 5.74) is 4.30. The highest BCUT2D eigenvalue weighted by atomic mass is 32.2. The number of thioether (sulfide) groups is 1. The molecule has 2 aromatic rings. The van der Waals surface area contributed by atoms with E-state index in [2.05, 4.69) is 23.0 Å². The van der Waals surface area contributed by atoms with Crippen LogP contribution in [0.25, 0.3) is 0 Å².